The van der Waals surface area contributed by atoms with Crippen molar-refractivity contribution in [2.45, 2.75) is 36.6 Å². The van der Waals surface area contributed by atoms with Gasteiger partial charge in [0.05, 0.1) is 15.5 Å². The van der Waals surface area contributed by atoms with Crippen LogP contribution in [0, 0.1) is 0 Å². The van der Waals surface area contributed by atoms with E-state index in [1.54, 1.807) is 0 Å². The highest BCUT2D eigenvalue weighted by Gasteiger charge is 2.36. The molecule has 1 aliphatic rings. The maximum Gasteiger partial charge on any atom is 0.337 e. The highest BCUT2D eigenvalue weighted by Crippen LogP contribution is 2.33. The lowest BCUT2D eigenvalue weighted by molar-refractivity contribution is 0.0697. The number of benzene rings is 1. The second-order valence-corrected chi connectivity index (χ2v) is 7.06. The van der Waals surface area contributed by atoms with E-state index in [9.17, 15) is 13.2 Å². The first-order chi connectivity index (χ1) is 8.73. The molecular weight excluding hydrogens is 290 g/mol. The van der Waals surface area contributed by atoms with Crippen molar-refractivity contribution in [1.29, 1.82) is 0 Å². The molecule has 1 aromatic rings. The first kappa shape index (κ1) is 14.3. The van der Waals surface area contributed by atoms with Gasteiger partial charge in [-0.3, -0.25) is 0 Å². The van der Waals surface area contributed by atoms with Crippen LogP contribution in [0.4, 0.5) is 0 Å². The van der Waals surface area contributed by atoms with Crippen LogP contribution in [0.25, 0.3) is 0 Å². The lowest BCUT2D eigenvalue weighted by Gasteiger charge is -2.38. The van der Waals surface area contributed by atoms with Crippen LogP contribution >= 0.6 is 11.6 Å². The van der Waals surface area contributed by atoms with E-state index in [-0.39, 0.29) is 15.5 Å². The standard InChI is InChI=1S/C12H14ClNO4S/c1-12(5-2-6-12)14-19(17,18)8-3-4-10(13)9(7-8)11(15)16/h3-4,7,14H,2,5-6H2,1H3,(H,15,16). The second-order valence-electron chi connectivity index (χ2n) is 4.97. The highest BCUT2D eigenvalue weighted by atomic mass is 35.5. The topological polar surface area (TPSA) is 83.5 Å². The Hall–Kier alpha value is -1.11. The van der Waals surface area contributed by atoms with Crippen LogP contribution in [0.5, 0.6) is 0 Å². The minimum Gasteiger partial charge on any atom is -0.478 e. The number of sulfonamides is 1. The Labute approximate surface area is 116 Å². The summed E-state index contributed by atoms with van der Waals surface area (Å²) in [7, 11) is -3.72. The molecule has 0 heterocycles. The van der Waals surface area contributed by atoms with Crippen LogP contribution in [0.3, 0.4) is 0 Å². The average Bonchev–Trinajstić information content (AvgIpc) is 2.26. The van der Waals surface area contributed by atoms with Gasteiger partial charge in [0.1, 0.15) is 0 Å². The molecule has 1 aliphatic carbocycles. The Morgan fingerprint density at radius 1 is 1.42 bits per heavy atom. The first-order valence-electron chi connectivity index (χ1n) is 5.80. The second kappa shape index (κ2) is 4.77. The minimum atomic E-state index is -3.72. The summed E-state index contributed by atoms with van der Waals surface area (Å²) in [6.45, 7) is 1.84. The van der Waals surface area contributed by atoms with Gasteiger partial charge in [-0.2, -0.15) is 0 Å². The fourth-order valence-electron chi connectivity index (χ4n) is 2.03. The van der Waals surface area contributed by atoms with Crippen LogP contribution in [0.15, 0.2) is 23.1 Å². The van der Waals surface area contributed by atoms with Crippen molar-refractivity contribution in [3.8, 4) is 0 Å². The van der Waals surface area contributed by atoms with E-state index < -0.39 is 21.5 Å². The smallest absolute Gasteiger partial charge is 0.337 e. The molecule has 0 atom stereocenters. The molecule has 0 saturated heterocycles. The third-order valence-corrected chi connectivity index (χ3v) is 5.28. The van der Waals surface area contributed by atoms with E-state index in [4.69, 9.17) is 16.7 Å². The number of halogens is 1. The SMILES string of the molecule is CC1(NS(=O)(=O)c2ccc(Cl)c(C(=O)O)c2)CCC1. The Balaban J connectivity index is 2.35. The Morgan fingerprint density at radius 3 is 2.53 bits per heavy atom. The molecule has 1 saturated carbocycles. The average molecular weight is 304 g/mol. The molecule has 1 aromatic carbocycles. The summed E-state index contributed by atoms with van der Waals surface area (Å²) >= 11 is 5.72. The van der Waals surface area contributed by atoms with Crippen LogP contribution in [0.1, 0.15) is 36.5 Å². The molecule has 0 aliphatic heterocycles. The predicted molar refractivity (Wildman–Crippen MR) is 71.0 cm³/mol. The van der Waals surface area contributed by atoms with Gasteiger partial charge in [0.15, 0.2) is 0 Å². The molecule has 1 fully saturated rings. The van der Waals surface area contributed by atoms with Crippen LogP contribution in [-0.4, -0.2) is 25.0 Å². The number of hydrogen-bond donors (Lipinski definition) is 2. The van der Waals surface area contributed by atoms with Crippen molar-refractivity contribution in [3.63, 3.8) is 0 Å². The van der Waals surface area contributed by atoms with Crippen molar-refractivity contribution in [2.75, 3.05) is 0 Å². The van der Waals surface area contributed by atoms with Gasteiger partial charge in [0.2, 0.25) is 10.0 Å². The van der Waals surface area contributed by atoms with Gasteiger partial charge in [-0.25, -0.2) is 17.9 Å². The summed E-state index contributed by atoms with van der Waals surface area (Å²) in [6.07, 6.45) is 2.55. The summed E-state index contributed by atoms with van der Waals surface area (Å²) < 4.78 is 27.0. The predicted octanol–water partition coefficient (Wildman–Crippen LogP) is 2.26. The number of carboxylic acid groups (broad SMARTS) is 1. The number of rotatable bonds is 4. The zero-order valence-electron chi connectivity index (χ0n) is 10.3. The number of carboxylic acids is 1. The molecule has 7 heteroatoms. The first-order valence-corrected chi connectivity index (χ1v) is 7.66. The van der Waals surface area contributed by atoms with Gasteiger partial charge in [-0.1, -0.05) is 11.6 Å². The van der Waals surface area contributed by atoms with Crippen LogP contribution < -0.4 is 4.72 Å². The molecule has 0 spiro atoms. The largest absolute Gasteiger partial charge is 0.478 e. The summed E-state index contributed by atoms with van der Waals surface area (Å²) in [6, 6.07) is 3.66. The molecule has 0 bridgehead atoms. The molecule has 0 amide bonds. The van der Waals surface area contributed by atoms with E-state index in [1.807, 2.05) is 6.92 Å². The molecule has 0 aromatic heterocycles. The molecule has 19 heavy (non-hydrogen) atoms. The summed E-state index contributed by atoms with van der Waals surface area (Å²) in [5.74, 6) is -1.25. The normalized spacial score (nSPS) is 17.8. The number of aromatic carboxylic acids is 1. The Kier molecular flexibility index (Phi) is 3.59. The van der Waals surface area contributed by atoms with Crippen molar-refractivity contribution < 1.29 is 18.3 Å². The fourth-order valence-corrected chi connectivity index (χ4v) is 3.72. The van der Waals surface area contributed by atoms with Crippen molar-refractivity contribution >= 4 is 27.6 Å². The number of carbonyl (C=O) groups is 1. The third-order valence-electron chi connectivity index (χ3n) is 3.32. The lowest BCUT2D eigenvalue weighted by atomic mass is 9.80. The molecule has 2 rings (SSSR count). The van der Waals surface area contributed by atoms with E-state index in [0.717, 1.165) is 25.3 Å². The maximum atomic E-state index is 12.2. The summed E-state index contributed by atoms with van der Waals surface area (Å²) in [5, 5.41) is 8.96. The van der Waals surface area contributed by atoms with Gasteiger partial charge >= 0.3 is 5.97 Å². The lowest BCUT2D eigenvalue weighted by Crippen LogP contribution is -2.50. The quantitative estimate of drug-likeness (QED) is 0.893. The van der Waals surface area contributed by atoms with Gasteiger partial charge in [-0.15, -0.1) is 0 Å². The summed E-state index contributed by atoms with van der Waals surface area (Å²) in [5.41, 5.74) is -0.648. The van der Waals surface area contributed by atoms with Gasteiger partial charge in [0.25, 0.3) is 0 Å². The molecule has 0 unspecified atom stereocenters. The van der Waals surface area contributed by atoms with E-state index in [2.05, 4.69) is 4.72 Å². The molecule has 5 nitrogen and oxygen atoms in total. The van der Waals surface area contributed by atoms with Crippen molar-refractivity contribution in [3.05, 3.63) is 28.8 Å². The van der Waals surface area contributed by atoms with Crippen LogP contribution in [0.2, 0.25) is 5.02 Å². The molecular formula is C12H14ClNO4S. The van der Waals surface area contributed by atoms with Crippen molar-refractivity contribution in [2.24, 2.45) is 0 Å². The zero-order chi connectivity index (χ0) is 14.3. The van der Waals surface area contributed by atoms with E-state index in [0.29, 0.717) is 0 Å². The van der Waals surface area contributed by atoms with E-state index >= 15 is 0 Å². The third kappa shape index (κ3) is 2.91. The Morgan fingerprint density at radius 2 is 2.05 bits per heavy atom. The van der Waals surface area contributed by atoms with Gasteiger partial charge < -0.3 is 5.11 Å². The van der Waals surface area contributed by atoms with E-state index in [1.165, 1.54) is 12.1 Å². The Bertz CT molecular complexity index is 623. The molecule has 0 radical (unpaired) electrons. The number of hydrogen-bond acceptors (Lipinski definition) is 3. The minimum absolute atomic E-state index is 0.0151. The monoisotopic (exact) mass is 303 g/mol. The fraction of sp³-hybridized carbons (Fsp3) is 0.417. The maximum absolute atomic E-state index is 12.2. The highest BCUT2D eigenvalue weighted by molar-refractivity contribution is 7.89. The molecule has 2 N–H and O–H groups in total. The van der Waals surface area contributed by atoms with Gasteiger partial charge in [0, 0.05) is 5.54 Å². The summed E-state index contributed by atoms with van der Waals surface area (Å²) in [4.78, 5) is 10.9. The number of nitrogens with one attached hydrogen (secondary N) is 1. The van der Waals surface area contributed by atoms with Crippen molar-refractivity contribution in [1.82, 2.24) is 4.72 Å². The van der Waals surface area contributed by atoms with Gasteiger partial charge in [-0.05, 0) is 44.4 Å². The molecule has 104 valence electrons. The zero-order valence-corrected chi connectivity index (χ0v) is 11.9. The van der Waals surface area contributed by atoms with Crippen LogP contribution in [-0.2, 0) is 10.0 Å².